The molecule has 1 fully saturated rings. The van der Waals surface area contributed by atoms with Crippen LogP contribution in [0.3, 0.4) is 0 Å². The minimum Gasteiger partial charge on any atom is -0.490 e. The highest BCUT2D eigenvalue weighted by molar-refractivity contribution is 6.31. The summed E-state index contributed by atoms with van der Waals surface area (Å²) in [6.07, 6.45) is 1.93. The number of piperidine rings is 1. The molecule has 0 unspecified atom stereocenters. The fourth-order valence-electron chi connectivity index (χ4n) is 2.04. The lowest BCUT2D eigenvalue weighted by molar-refractivity contribution is 0.133. The molecule has 0 bridgehead atoms. The van der Waals surface area contributed by atoms with Crippen molar-refractivity contribution in [2.45, 2.75) is 18.9 Å². The van der Waals surface area contributed by atoms with Crippen molar-refractivity contribution >= 4 is 23.5 Å². The molecule has 19 heavy (non-hydrogen) atoms. The Kier molecular flexibility index (Phi) is 4.26. The van der Waals surface area contributed by atoms with Crippen molar-refractivity contribution in [2.24, 2.45) is 0 Å². The summed E-state index contributed by atoms with van der Waals surface area (Å²) in [6, 6.07) is 0.149. The van der Waals surface area contributed by atoms with Gasteiger partial charge in [0.2, 0.25) is 0 Å². The Morgan fingerprint density at radius 3 is 2.79 bits per heavy atom. The average Bonchev–Trinajstić information content (AvgIpc) is 2.39. The Bertz CT molecular complexity index is 463. The summed E-state index contributed by atoms with van der Waals surface area (Å²) in [5.74, 6) is 0.945. The maximum Gasteiger partial charge on any atom is 0.407 e. The van der Waals surface area contributed by atoms with Crippen LogP contribution >= 0.6 is 11.6 Å². The van der Waals surface area contributed by atoms with Crippen molar-refractivity contribution < 1.29 is 14.6 Å². The maximum atomic E-state index is 10.8. The second-order valence-corrected chi connectivity index (χ2v) is 4.59. The minimum absolute atomic E-state index is 0.149. The Labute approximate surface area is 115 Å². The number of rotatable bonds is 3. The molecule has 2 heterocycles. The Balaban J connectivity index is 1.99. The Morgan fingerprint density at radius 1 is 1.53 bits per heavy atom. The van der Waals surface area contributed by atoms with E-state index >= 15 is 0 Å². The predicted molar refractivity (Wildman–Crippen MR) is 69.8 cm³/mol. The summed E-state index contributed by atoms with van der Waals surface area (Å²) in [5, 5.41) is 12.4. The van der Waals surface area contributed by atoms with Gasteiger partial charge in [0.25, 0.3) is 0 Å². The van der Waals surface area contributed by atoms with Crippen LogP contribution in [0.4, 0.5) is 10.6 Å². The van der Waals surface area contributed by atoms with Gasteiger partial charge in [-0.3, -0.25) is 0 Å². The molecule has 0 spiro atoms. The molecule has 1 aromatic rings. The van der Waals surface area contributed by atoms with Gasteiger partial charge in [0.15, 0.2) is 16.7 Å². The number of anilines is 1. The summed E-state index contributed by atoms with van der Waals surface area (Å²) in [6.45, 7) is 1.02. The Morgan fingerprint density at radius 2 is 2.21 bits per heavy atom. The maximum absolute atomic E-state index is 10.8. The minimum atomic E-state index is -0.874. The van der Waals surface area contributed by atoms with Gasteiger partial charge in [0.05, 0.1) is 7.11 Å². The molecule has 0 aliphatic carbocycles. The molecule has 8 heteroatoms. The van der Waals surface area contributed by atoms with Crippen LogP contribution in [-0.4, -0.2) is 52.3 Å². The molecule has 0 atom stereocenters. The SMILES string of the molecule is COc1c(Cl)ncnc1NC1CCN(C(=O)O)CC1. The third-order valence-corrected chi connectivity index (χ3v) is 3.34. The zero-order valence-electron chi connectivity index (χ0n) is 10.5. The third-order valence-electron chi connectivity index (χ3n) is 3.07. The second-order valence-electron chi connectivity index (χ2n) is 4.23. The zero-order valence-corrected chi connectivity index (χ0v) is 11.2. The molecule has 1 aliphatic heterocycles. The number of halogens is 1. The number of nitrogens with zero attached hydrogens (tertiary/aromatic N) is 3. The first-order valence-corrected chi connectivity index (χ1v) is 6.28. The van der Waals surface area contributed by atoms with E-state index < -0.39 is 6.09 Å². The molecular formula is C11H15ClN4O3. The van der Waals surface area contributed by atoms with Gasteiger partial charge in [-0.25, -0.2) is 14.8 Å². The topological polar surface area (TPSA) is 87.6 Å². The molecule has 1 saturated heterocycles. The summed E-state index contributed by atoms with van der Waals surface area (Å²) >= 11 is 5.91. The van der Waals surface area contributed by atoms with E-state index in [1.807, 2.05) is 0 Å². The first kappa shape index (κ1) is 13.7. The van der Waals surface area contributed by atoms with Crippen LogP contribution in [0.15, 0.2) is 6.33 Å². The number of carboxylic acid groups (broad SMARTS) is 1. The van der Waals surface area contributed by atoms with E-state index in [1.54, 1.807) is 0 Å². The van der Waals surface area contributed by atoms with Gasteiger partial charge < -0.3 is 20.1 Å². The van der Waals surface area contributed by atoms with E-state index in [9.17, 15) is 4.79 Å². The lowest BCUT2D eigenvalue weighted by Crippen LogP contribution is -2.41. The second kappa shape index (κ2) is 5.92. The summed E-state index contributed by atoms with van der Waals surface area (Å²) in [5.41, 5.74) is 0. The number of ether oxygens (including phenoxy) is 1. The standard InChI is InChI=1S/C11H15ClN4O3/c1-19-8-9(12)13-6-14-10(8)15-7-2-4-16(5-3-7)11(17)18/h6-7H,2-5H2,1H3,(H,17,18)(H,13,14,15). The summed E-state index contributed by atoms with van der Waals surface area (Å²) in [7, 11) is 1.50. The molecule has 0 radical (unpaired) electrons. The van der Waals surface area contributed by atoms with E-state index in [0.717, 1.165) is 12.8 Å². The number of amides is 1. The highest BCUT2D eigenvalue weighted by Crippen LogP contribution is 2.29. The fraction of sp³-hybridized carbons (Fsp3) is 0.545. The van der Waals surface area contributed by atoms with Crippen LogP contribution in [-0.2, 0) is 0 Å². The van der Waals surface area contributed by atoms with Crippen LogP contribution in [0.1, 0.15) is 12.8 Å². The predicted octanol–water partition coefficient (Wildman–Crippen LogP) is 1.69. The fourth-order valence-corrected chi connectivity index (χ4v) is 2.25. The molecule has 2 N–H and O–H groups in total. The van der Waals surface area contributed by atoms with Crippen LogP contribution in [0.5, 0.6) is 5.75 Å². The lowest BCUT2D eigenvalue weighted by Gasteiger charge is -2.30. The number of hydrogen-bond acceptors (Lipinski definition) is 5. The van der Waals surface area contributed by atoms with Gasteiger partial charge in [0, 0.05) is 19.1 Å². The number of carbonyl (C=O) groups is 1. The van der Waals surface area contributed by atoms with E-state index in [1.165, 1.54) is 18.3 Å². The van der Waals surface area contributed by atoms with Crippen molar-refractivity contribution in [3.63, 3.8) is 0 Å². The number of hydrogen-bond donors (Lipinski definition) is 2. The van der Waals surface area contributed by atoms with Crippen LogP contribution in [0, 0.1) is 0 Å². The van der Waals surface area contributed by atoms with E-state index in [4.69, 9.17) is 21.4 Å². The highest BCUT2D eigenvalue weighted by atomic mass is 35.5. The molecule has 0 saturated carbocycles. The molecule has 1 amide bonds. The Hall–Kier alpha value is -1.76. The van der Waals surface area contributed by atoms with Gasteiger partial charge in [-0.05, 0) is 12.8 Å². The average molecular weight is 287 g/mol. The largest absolute Gasteiger partial charge is 0.490 e. The first-order valence-electron chi connectivity index (χ1n) is 5.90. The number of aromatic nitrogens is 2. The quantitative estimate of drug-likeness (QED) is 0.822. The van der Waals surface area contributed by atoms with Crippen LogP contribution in [0.2, 0.25) is 5.15 Å². The monoisotopic (exact) mass is 286 g/mol. The van der Waals surface area contributed by atoms with Gasteiger partial charge >= 0.3 is 6.09 Å². The number of likely N-dealkylation sites (tertiary alicyclic amines) is 1. The first-order chi connectivity index (χ1) is 9.11. The van der Waals surface area contributed by atoms with E-state index in [2.05, 4.69) is 15.3 Å². The smallest absolute Gasteiger partial charge is 0.407 e. The summed E-state index contributed by atoms with van der Waals surface area (Å²) in [4.78, 5) is 20.2. The van der Waals surface area contributed by atoms with Gasteiger partial charge in [0.1, 0.15) is 6.33 Å². The summed E-state index contributed by atoms with van der Waals surface area (Å²) < 4.78 is 5.15. The molecule has 2 rings (SSSR count). The van der Waals surface area contributed by atoms with Crippen molar-refractivity contribution in [3.8, 4) is 5.75 Å². The zero-order chi connectivity index (χ0) is 13.8. The molecule has 1 aromatic heterocycles. The number of methoxy groups -OCH3 is 1. The van der Waals surface area contributed by atoms with Crippen LogP contribution < -0.4 is 10.1 Å². The number of nitrogens with one attached hydrogen (secondary N) is 1. The lowest BCUT2D eigenvalue weighted by atomic mass is 10.1. The van der Waals surface area contributed by atoms with Crippen LogP contribution in [0.25, 0.3) is 0 Å². The van der Waals surface area contributed by atoms with E-state index in [0.29, 0.717) is 24.7 Å². The third kappa shape index (κ3) is 3.17. The molecule has 1 aliphatic rings. The highest BCUT2D eigenvalue weighted by Gasteiger charge is 2.23. The molecule has 7 nitrogen and oxygen atoms in total. The van der Waals surface area contributed by atoms with Gasteiger partial charge in [-0.1, -0.05) is 11.6 Å². The molecule has 0 aromatic carbocycles. The van der Waals surface area contributed by atoms with Crippen molar-refractivity contribution in [2.75, 3.05) is 25.5 Å². The normalized spacial score (nSPS) is 16.2. The molecular weight excluding hydrogens is 272 g/mol. The van der Waals surface area contributed by atoms with Crippen molar-refractivity contribution in [3.05, 3.63) is 11.5 Å². The molecule has 104 valence electrons. The van der Waals surface area contributed by atoms with Crippen molar-refractivity contribution in [1.29, 1.82) is 0 Å². The van der Waals surface area contributed by atoms with E-state index in [-0.39, 0.29) is 11.2 Å². The van der Waals surface area contributed by atoms with Crippen molar-refractivity contribution in [1.82, 2.24) is 14.9 Å². The van der Waals surface area contributed by atoms with Gasteiger partial charge in [-0.2, -0.15) is 0 Å². The van der Waals surface area contributed by atoms with Gasteiger partial charge in [-0.15, -0.1) is 0 Å².